The van der Waals surface area contributed by atoms with Crippen molar-refractivity contribution in [3.8, 4) is 11.5 Å². The molecule has 4 aliphatic rings. The first kappa shape index (κ1) is 23.2. The van der Waals surface area contributed by atoms with Gasteiger partial charge in [0, 0.05) is 25.0 Å². The van der Waals surface area contributed by atoms with E-state index in [9.17, 15) is 4.79 Å². The van der Waals surface area contributed by atoms with E-state index < -0.39 is 0 Å². The summed E-state index contributed by atoms with van der Waals surface area (Å²) in [6.07, 6.45) is 13.9. The molecule has 0 spiro atoms. The van der Waals surface area contributed by atoms with Gasteiger partial charge in [-0.2, -0.15) is 0 Å². The molecule has 0 unspecified atom stereocenters. The number of hydrogen-bond donors (Lipinski definition) is 0. The Hall–Kier alpha value is -1.59. The Morgan fingerprint density at radius 3 is 2.52 bits per heavy atom. The van der Waals surface area contributed by atoms with Gasteiger partial charge in [-0.15, -0.1) is 0 Å². The summed E-state index contributed by atoms with van der Waals surface area (Å²) >= 11 is 0. The number of ether oxygens (including phenoxy) is 3. The van der Waals surface area contributed by atoms with Gasteiger partial charge in [-0.1, -0.05) is 25.0 Å². The zero-order valence-corrected chi connectivity index (χ0v) is 20.1. The quantitative estimate of drug-likeness (QED) is 0.502. The molecule has 3 fully saturated rings. The summed E-state index contributed by atoms with van der Waals surface area (Å²) in [7, 11) is 0. The molecule has 3 heterocycles. The molecule has 2 saturated heterocycles. The van der Waals surface area contributed by atoms with Crippen LogP contribution in [0.25, 0.3) is 0 Å². The van der Waals surface area contributed by atoms with Crippen LogP contribution in [-0.2, 0) is 9.53 Å². The first-order chi connectivity index (χ1) is 16.2. The number of ketones is 1. The molecule has 5 rings (SSSR count). The van der Waals surface area contributed by atoms with E-state index in [1.165, 1.54) is 76.6 Å². The van der Waals surface area contributed by atoms with E-state index in [1.54, 1.807) is 0 Å². The lowest BCUT2D eigenvalue weighted by molar-refractivity contribution is -0.124. The first-order valence-electron chi connectivity index (χ1n) is 13.5. The Kier molecular flexibility index (Phi) is 7.88. The summed E-state index contributed by atoms with van der Waals surface area (Å²) < 4.78 is 17.1. The van der Waals surface area contributed by atoms with Crippen LogP contribution in [0, 0.1) is 11.8 Å². The fourth-order valence-electron chi connectivity index (χ4n) is 6.46. The molecule has 1 atom stereocenters. The zero-order valence-electron chi connectivity index (χ0n) is 20.1. The summed E-state index contributed by atoms with van der Waals surface area (Å²) in [6.45, 7) is 4.80. The number of benzene rings is 1. The molecular weight excluding hydrogens is 414 g/mol. The van der Waals surface area contributed by atoms with Gasteiger partial charge in [0.2, 0.25) is 6.79 Å². The standard InChI is InChI=1S/C28H41NO4/c30-24(19-25-4-1-2-17-31-25)18-22-9-7-21(8-10-22)11-14-29-15-12-23(13-16-29)26-5-3-6-27-28(26)33-20-32-27/h3,5-6,21-23,25H,1-2,4,7-20H2/t21?,22?,25-/m0/s1. The van der Waals surface area contributed by atoms with E-state index in [1.807, 2.05) is 6.07 Å². The van der Waals surface area contributed by atoms with Gasteiger partial charge in [-0.05, 0) is 94.8 Å². The van der Waals surface area contributed by atoms with Crippen molar-refractivity contribution in [2.45, 2.75) is 89.1 Å². The fraction of sp³-hybridized carbons (Fsp3) is 0.750. The van der Waals surface area contributed by atoms with Crippen molar-refractivity contribution in [2.75, 3.05) is 33.0 Å². The van der Waals surface area contributed by atoms with E-state index in [4.69, 9.17) is 14.2 Å². The van der Waals surface area contributed by atoms with Gasteiger partial charge >= 0.3 is 0 Å². The van der Waals surface area contributed by atoms with Gasteiger partial charge in [0.25, 0.3) is 0 Å². The van der Waals surface area contributed by atoms with E-state index in [0.717, 1.165) is 43.3 Å². The number of rotatable bonds is 8. The lowest BCUT2D eigenvalue weighted by Crippen LogP contribution is -2.34. The highest BCUT2D eigenvalue weighted by Crippen LogP contribution is 2.42. The van der Waals surface area contributed by atoms with Crippen molar-refractivity contribution >= 4 is 5.78 Å². The van der Waals surface area contributed by atoms with Gasteiger partial charge < -0.3 is 19.1 Å². The van der Waals surface area contributed by atoms with Gasteiger partial charge in [0.1, 0.15) is 5.78 Å². The lowest BCUT2D eigenvalue weighted by atomic mass is 9.78. The molecule has 3 aliphatic heterocycles. The van der Waals surface area contributed by atoms with Gasteiger partial charge in [0.15, 0.2) is 11.5 Å². The Bertz CT molecular complexity index is 774. The summed E-state index contributed by atoms with van der Waals surface area (Å²) in [4.78, 5) is 15.1. The number of hydrogen-bond acceptors (Lipinski definition) is 5. The molecule has 0 bridgehead atoms. The highest BCUT2D eigenvalue weighted by atomic mass is 16.7. The minimum absolute atomic E-state index is 0.204. The summed E-state index contributed by atoms with van der Waals surface area (Å²) in [6, 6.07) is 6.33. The van der Waals surface area contributed by atoms with E-state index >= 15 is 0 Å². The Morgan fingerprint density at radius 1 is 0.909 bits per heavy atom. The predicted octanol–water partition coefficient (Wildman–Crippen LogP) is 5.71. The second-order valence-corrected chi connectivity index (χ2v) is 10.8. The molecule has 0 N–H and O–H groups in total. The minimum Gasteiger partial charge on any atom is -0.454 e. The summed E-state index contributed by atoms with van der Waals surface area (Å²) in [5.74, 6) is 4.39. The molecule has 1 aliphatic carbocycles. The van der Waals surface area contributed by atoms with Crippen LogP contribution in [0.3, 0.4) is 0 Å². The third-order valence-corrected chi connectivity index (χ3v) is 8.52. The van der Waals surface area contributed by atoms with Crippen LogP contribution in [0.15, 0.2) is 18.2 Å². The number of piperidine rings is 1. The van der Waals surface area contributed by atoms with Crippen LogP contribution < -0.4 is 9.47 Å². The maximum atomic E-state index is 12.5. The summed E-state index contributed by atoms with van der Waals surface area (Å²) in [5.41, 5.74) is 1.34. The zero-order chi connectivity index (χ0) is 22.5. The number of para-hydroxylation sites is 1. The Labute approximate surface area is 199 Å². The smallest absolute Gasteiger partial charge is 0.231 e. The molecule has 0 aromatic heterocycles. The normalized spacial score (nSPS) is 28.7. The molecule has 182 valence electrons. The van der Waals surface area contributed by atoms with E-state index in [2.05, 4.69) is 17.0 Å². The Balaban J connectivity index is 0.980. The SMILES string of the molecule is O=C(CC1CCC(CCN2CCC(c3cccc4c3OCO4)CC2)CC1)C[C@@H]1CCCCO1. The molecule has 1 saturated carbocycles. The lowest BCUT2D eigenvalue weighted by Gasteiger charge is -2.34. The van der Waals surface area contributed by atoms with Crippen molar-refractivity contribution in [3.05, 3.63) is 23.8 Å². The van der Waals surface area contributed by atoms with Crippen LogP contribution in [-0.4, -0.2) is 49.8 Å². The third kappa shape index (κ3) is 6.10. The van der Waals surface area contributed by atoms with Crippen LogP contribution >= 0.6 is 0 Å². The number of likely N-dealkylation sites (tertiary alicyclic amines) is 1. The third-order valence-electron chi connectivity index (χ3n) is 8.52. The van der Waals surface area contributed by atoms with E-state index in [-0.39, 0.29) is 6.10 Å². The number of nitrogens with zero attached hydrogens (tertiary/aromatic N) is 1. The minimum atomic E-state index is 0.204. The molecule has 1 aromatic rings. The molecule has 33 heavy (non-hydrogen) atoms. The van der Waals surface area contributed by atoms with Crippen molar-refractivity contribution in [1.82, 2.24) is 4.90 Å². The second kappa shape index (κ2) is 11.2. The molecular formula is C28H41NO4. The first-order valence-corrected chi connectivity index (χ1v) is 13.5. The monoisotopic (exact) mass is 455 g/mol. The van der Waals surface area contributed by atoms with Crippen molar-refractivity contribution in [1.29, 1.82) is 0 Å². The average molecular weight is 456 g/mol. The number of Topliss-reactive ketones (excluding diaryl/α,β-unsaturated/α-hetero) is 1. The van der Waals surface area contributed by atoms with Crippen LogP contribution in [0.1, 0.15) is 88.5 Å². The number of carbonyl (C=O) groups is 1. The highest BCUT2D eigenvalue weighted by Gasteiger charge is 2.28. The van der Waals surface area contributed by atoms with Crippen LogP contribution in [0.5, 0.6) is 11.5 Å². The van der Waals surface area contributed by atoms with Crippen LogP contribution in [0.2, 0.25) is 0 Å². The maximum absolute atomic E-state index is 12.5. The predicted molar refractivity (Wildman–Crippen MR) is 129 cm³/mol. The van der Waals surface area contributed by atoms with Gasteiger partial charge in [-0.3, -0.25) is 4.79 Å². The van der Waals surface area contributed by atoms with Crippen molar-refractivity contribution < 1.29 is 19.0 Å². The number of fused-ring (bicyclic) bond motifs is 1. The van der Waals surface area contributed by atoms with E-state index in [0.29, 0.717) is 30.8 Å². The molecule has 0 amide bonds. The topological polar surface area (TPSA) is 48.0 Å². The van der Waals surface area contributed by atoms with Crippen LogP contribution in [0.4, 0.5) is 0 Å². The molecule has 5 nitrogen and oxygen atoms in total. The summed E-state index contributed by atoms with van der Waals surface area (Å²) in [5, 5.41) is 0. The average Bonchev–Trinajstić information content (AvgIpc) is 3.34. The molecule has 0 radical (unpaired) electrons. The number of carbonyl (C=O) groups excluding carboxylic acids is 1. The fourth-order valence-corrected chi connectivity index (χ4v) is 6.46. The Morgan fingerprint density at radius 2 is 1.73 bits per heavy atom. The largest absolute Gasteiger partial charge is 0.454 e. The van der Waals surface area contributed by atoms with Crippen molar-refractivity contribution in [2.24, 2.45) is 11.8 Å². The molecule has 1 aromatic carbocycles. The highest BCUT2D eigenvalue weighted by molar-refractivity contribution is 5.79. The second-order valence-electron chi connectivity index (χ2n) is 10.8. The van der Waals surface area contributed by atoms with Gasteiger partial charge in [-0.25, -0.2) is 0 Å². The van der Waals surface area contributed by atoms with Crippen molar-refractivity contribution in [3.63, 3.8) is 0 Å². The maximum Gasteiger partial charge on any atom is 0.231 e. The van der Waals surface area contributed by atoms with Gasteiger partial charge in [0.05, 0.1) is 6.10 Å². The molecule has 5 heteroatoms.